The van der Waals surface area contributed by atoms with E-state index in [1.807, 2.05) is 6.92 Å². The van der Waals surface area contributed by atoms with E-state index in [2.05, 4.69) is 32.9 Å². The van der Waals surface area contributed by atoms with Crippen LogP contribution < -0.4 is 4.74 Å². The number of ether oxygens (including phenoxy) is 1. The van der Waals surface area contributed by atoms with E-state index in [1.54, 1.807) is 7.11 Å². The average Bonchev–Trinajstić information content (AvgIpc) is 2.14. The number of hydrogen-bond acceptors (Lipinski definition) is 1. The Bertz CT molecular complexity index is 358. The van der Waals surface area contributed by atoms with Crippen molar-refractivity contribution in [2.24, 2.45) is 0 Å². The molecule has 0 aliphatic carbocycles. The average molecular weight is 241 g/mol. The standard InChI is InChI=1S/C14H21ClO/c1-9-6-10(2)14(13(7-9)16-5)11(3)8-12(4)15/h6-7,11-12H,8H2,1-5H3. The summed E-state index contributed by atoms with van der Waals surface area (Å²) in [5.74, 6) is 1.42. The van der Waals surface area contributed by atoms with Gasteiger partial charge in [-0.25, -0.2) is 0 Å². The second-order valence-electron chi connectivity index (χ2n) is 4.62. The predicted molar refractivity (Wildman–Crippen MR) is 70.8 cm³/mol. The van der Waals surface area contributed by atoms with Crippen molar-refractivity contribution in [1.82, 2.24) is 0 Å². The Labute approximate surface area is 104 Å². The van der Waals surface area contributed by atoms with Gasteiger partial charge in [-0.15, -0.1) is 11.6 Å². The number of hydrogen-bond donors (Lipinski definition) is 0. The largest absolute Gasteiger partial charge is 0.496 e. The Morgan fingerprint density at radius 1 is 1.25 bits per heavy atom. The number of aryl methyl sites for hydroxylation is 2. The normalized spacial score (nSPS) is 14.6. The molecule has 2 unspecified atom stereocenters. The molecule has 0 bridgehead atoms. The highest BCUT2D eigenvalue weighted by Gasteiger charge is 2.16. The van der Waals surface area contributed by atoms with Crippen LogP contribution in [0.2, 0.25) is 0 Å². The van der Waals surface area contributed by atoms with Crippen LogP contribution in [-0.4, -0.2) is 12.5 Å². The van der Waals surface area contributed by atoms with Gasteiger partial charge in [-0.2, -0.15) is 0 Å². The zero-order valence-corrected chi connectivity index (χ0v) is 11.6. The fourth-order valence-corrected chi connectivity index (χ4v) is 2.61. The van der Waals surface area contributed by atoms with Crippen LogP contribution in [0, 0.1) is 13.8 Å². The van der Waals surface area contributed by atoms with Crippen LogP contribution in [0.25, 0.3) is 0 Å². The van der Waals surface area contributed by atoms with Crippen LogP contribution in [-0.2, 0) is 0 Å². The minimum atomic E-state index is 0.195. The van der Waals surface area contributed by atoms with Gasteiger partial charge < -0.3 is 4.74 Å². The lowest BCUT2D eigenvalue weighted by Gasteiger charge is -2.20. The number of rotatable bonds is 4. The Hall–Kier alpha value is -0.690. The summed E-state index contributed by atoms with van der Waals surface area (Å²) in [4.78, 5) is 0. The summed E-state index contributed by atoms with van der Waals surface area (Å²) < 4.78 is 5.47. The molecule has 1 aromatic carbocycles. The summed E-state index contributed by atoms with van der Waals surface area (Å²) in [6, 6.07) is 4.30. The zero-order chi connectivity index (χ0) is 12.3. The van der Waals surface area contributed by atoms with Gasteiger partial charge in [0.2, 0.25) is 0 Å². The lowest BCUT2D eigenvalue weighted by Crippen LogP contribution is -2.05. The quantitative estimate of drug-likeness (QED) is 0.708. The Morgan fingerprint density at radius 2 is 1.88 bits per heavy atom. The van der Waals surface area contributed by atoms with Gasteiger partial charge in [0.1, 0.15) is 5.75 Å². The van der Waals surface area contributed by atoms with Crippen molar-refractivity contribution in [2.75, 3.05) is 7.11 Å². The highest BCUT2D eigenvalue weighted by Crippen LogP contribution is 2.34. The fourth-order valence-electron chi connectivity index (χ4n) is 2.35. The Morgan fingerprint density at radius 3 is 2.38 bits per heavy atom. The first-order valence-corrected chi connectivity index (χ1v) is 6.18. The monoisotopic (exact) mass is 240 g/mol. The molecule has 1 nitrogen and oxygen atoms in total. The van der Waals surface area contributed by atoms with Crippen LogP contribution >= 0.6 is 11.6 Å². The minimum absolute atomic E-state index is 0.195. The number of benzene rings is 1. The lowest BCUT2D eigenvalue weighted by molar-refractivity contribution is 0.404. The van der Waals surface area contributed by atoms with Gasteiger partial charge in [-0.1, -0.05) is 13.0 Å². The van der Waals surface area contributed by atoms with Crippen molar-refractivity contribution in [3.05, 3.63) is 28.8 Å². The van der Waals surface area contributed by atoms with Crippen molar-refractivity contribution >= 4 is 11.6 Å². The molecule has 0 N–H and O–H groups in total. The predicted octanol–water partition coefficient (Wildman–Crippen LogP) is 4.43. The van der Waals surface area contributed by atoms with Crippen LogP contribution in [0.1, 0.15) is 42.9 Å². The van der Waals surface area contributed by atoms with Gasteiger partial charge >= 0.3 is 0 Å². The van der Waals surface area contributed by atoms with E-state index in [0.29, 0.717) is 5.92 Å². The van der Waals surface area contributed by atoms with Crippen LogP contribution in [0.15, 0.2) is 12.1 Å². The second kappa shape index (κ2) is 5.58. The molecule has 0 saturated carbocycles. The first-order chi connectivity index (χ1) is 7.45. The van der Waals surface area contributed by atoms with Crippen LogP contribution in [0.5, 0.6) is 5.75 Å². The molecule has 0 spiro atoms. The van der Waals surface area contributed by atoms with Crippen LogP contribution in [0.3, 0.4) is 0 Å². The molecule has 1 rings (SSSR count). The third kappa shape index (κ3) is 3.15. The molecule has 0 aliphatic heterocycles. The molecule has 0 radical (unpaired) electrons. The fraction of sp³-hybridized carbons (Fsp3) is 0.571. The van der Waals surface area contributed by atoms with E-state index in [0.717, 1.165) is 12.2 Å². The molecule has 0 aliphatic rings. The SMILES string of the molecule is COc1cc(C)cc(C)c1C(C)CC(C)Cl. The molecule has 0 saturated heterocycles. The topological polar surface area (TPSA) is 9.23 Å². The molecule has 2 heteroatoms. The molecule has 0 amide bonds. The third-order valence-electron chi connectivity index (χ3n) is 2.88. The van der Waals surface area contributed by atoms with Gasteiger partial charge in [0, 0.05) is 5.38 Å². The van der Waals surface area contributed by atoms with Crippen molar-refractivity contribution in [2.45, 2.75) is 45.4 Å². The molecule has 0 aromatic heterocycles. The maximum absolute atomic E-state index is 6.06. The molecule has 90 valence electrons. The van der Waals surface area contributed by atoms with Crippen molar-refractivity contribution in [3.63, 3.8) is 0 Å². The maximum atomic E-state index is 6.06. The highest BCUT2D eigenvalue weighted by atomic mass is 35.5. The summed E-state index contributed by atoms with van der Waals surface area (Å²) in [6.45, 7) is 8.47. The van der Waals surface area contributed by atoms with E-state index in [-0.39, 0.29) is 5.38 Å². The van der Waals surface area contributed by atoms with E-state index in [9.17, 15) is 0 Å². The van der Waals surface area contributed by atoms with Gasteiger partial charge in [0.25, 0.3) is 0 Å². The molecule has 2 atom stereocenters. The molecular weight excluding hydrogens is 220 g/mol. The van der Waals surface area contributed by atoms with E-state index >= 15 is 0 Å². The summed E-state index contributed by atoms with van der Waals surface area (Å²) in [6.07, 6.45) is 0.974. The summed E-state index contributed by atoms with van der Waals surface area (Å²) in [7, 11) is 1.73. The molecule has 16 heavy (non-hydrogen) atoms. The number of alkyl halides is 1. The number of halogens is 1. The van der Waals surface area contributed by atoms with Crippen molar-refractivity contribution in [3.8, 4) is 5.75 Å². The summed E-state index contributed by atoms with van der Waals surface area (Å²) in [5.41, 5.74) is 3.83. The molecular formula is C14H21ClO. The Kier molecular flexibility index (Phi) is 4.67. The van der Waals surface area contributed by atoms with E-state index in [4.69, 9.17) is 16.3 Å². The maximum Gasteiger partial charge on any atom is 0.122 e. The Balaban J connectivity index is 3.10. The highest BCUT2D eigenvalue weighted by molar-refractivity contribution is 6.20. The number of methoxy groups -OCH3 is 1. The van der Waals surface area contributed by atoms with E-state index in [1.165, 1.54) is 16.7 Å². The summed E-state index contributed by atoms with van der Waals surface area (Å²) >= 11 is 6.06. The van der Waals surface area contributed by atoms with Gasteiger partial charge in [0.15, 0.2) is 0 Å². The molecule has 0 heterocycles. The third-order valence-corrected chi connectivity index (χ3v) is 3.06. The van der Waals surface area contributed by atoms with Gasteiger partial charge in [0.05, 0.1) is 7.11 Å². The zero-order valence-electron chi connectivity index (χ0n) is 10.8. The second-order valence-corrected chi connectivity index (χ2v) is 5.36. The smallest absolute Gasteiger partial charge is 0.122 e. The molecule has 1 aromatic rings. The van der Waals surface area contributed by atoms with Gasteiger partial charge in [-0.3, -0.25) is 0 Å². The van der Waals surface area contributed by atoms with Crippen molar-refractivity contribution in [1.29, 1.82) is 0 Å². The lowest BCUT2D eigenvalue weighted by atomic mass is 9.90. The van der Waals surface area contributed by atoms with Crippen molar-refractivity contribution < 1.29 is 4.74 Å². The minimum Gasteiger partial charge on any atom is -0.496 e. The van der Waals surface area contributed by atoms with E-state index < -0.39 is 0 Å². The van der Waals surface area contributed by atoms with Gasteiger partial charge in [-0.05, 0) is 55.9 Å². The van der Waals surface area contributed by atoms with Crippen LogP contribution in [0.4, 0.5) is 0 Å². The first kappa shape index (κ1) is 13.4. The first-order valence-electron chi connectivity index (χ1n) is 5.75. The summed E-state index contributed by atoms with van der Waals surface area (Å²) in [5, 5.41) is 0.195. The molecule has 0 fully saturated rings.